The summed E-state index contributed by atoms with van der Waals surface area (Å²) in [5, 5.41) is 2.61. The van der Waals surface area contributed by atoms with Crippen LogP contribution < -0.4 is 5.32 Å². The maximum atomic E-state index is 11.5. The molecule has 16 heavy (non-hydrogen) atoms. The van der Waals surface area contributed by atoms with Crippen LogP contribution in [0.5, 0.6) is 0 Å². The van der Waals surface area contributed by atoms with Gasteiger partial charge in [-0.15, -0.1) is 0 Å². The van der Waals surface area contributed by atoms with E-state index in [1.54, 1.807) is 13.1 Å². The summed E-state index contributed by atoms with van der Waals surface area (Å²) in [4.78, 5) is 16.0. The highest BCUT2D eigenvalue weighted by Crippen LogP contribution is 2.13. The van der Waals surface area contributed by atoms with Crippen molar-refractivity contribution in [2.45, 2.75) is 20.3 Å². The van der Waals surface area contributed by atoms with Crippen molar-refractivity contribution in [2.24, 2.45) is 0 Å². The highest BCUT2D eigenvalue weighted by molar-refractivity contribution is 5.93. The number of nitrogens with zero attached hydrogens (tertiary/aromatic N) is 2. The first kappa shape index (κ1) is 10.7. The molecule has 2 aromatic rings. The molecular formula is C12H15N3O. The number of pyridine rings is 1. The molecule has 0 aliphatic heterocycles. The highest BCUT2D eigenvalue weighted by atomic mass is 16.1. The molecule has 0 aliphatic rings. The van der Waals surface area contributed by atoms with Gasteiger partial charge in [-0.2, -0.15) is 0 Å². The van der Waals surface area contributed by atoms with E-state index in [1.165, 1.54) is 0 Å². The van der Waals surface area contributed by atoms with E-state index in [-0.39, 0.29) is 5.91 Å². The van der Waals surface area contributed by atoms with Crippen LogP contribution in [0.25, 0.3) is 5.65 Å². The fourth-order valence-corrected chi connectivity index (χ4v) is 1.82. The molecule has 1 amide bonds. The maximum absolute atomic E-state index is 11.5. The van der Waals surface area contributed by atoms with E-state index in [0.717, 1.165) is 23.5 Å². The first-order valence-electron chi connectivity index (χ1n) is 5.37. The van der Waals surface area contributed by atoms with Gasteiger partial charge in [0, 0.05) is 18.9 Å². The summed E-state index contributed by atoms with van der Waals surface area (Å²) in [6.45, 7) is 4.10. The summed E-state index contributed by atoms with van der Waals surface area (Å²) >= 11 is 0. The number of carbonyl (C=O) groups excluding carboxylic acids is 1. The predicted octanol–water partition coefficient (Wildman–Crippen LogP) is 1.56. The average molecular weight is 217 g/mol. The Morgan fingerprint density at radius 3 is 2.88 bits per heavy atom. The van der Waals surface area contributed by atoms with Crippen LogP contribution in [0.2, 0.25) is 0 Å². The van der Waals surface area contributed by atoms with Gasteiger partial charge in [0.15, 0.2) is 0 Å². The minimum absolute atomic E-state index is 0.0759. The molecule has 4 heteroatoms. The van der Waals surface area contributed by atoms with Crippen molar-refractivity contribution in [3.8, 4) is 0 Å². The monoisotopic (exact) mass is 217 g/mol. The van der Waals surface area contributed by atoms with Crippen LogP contribution in [0.1, 0.15) is 28.7 Å². The Bertz CT molecular complexity index is 542. The summed E-state index contributed by atoms with van der Waals surface area (Å²) in [6.07, 6.45) is 2.73. The summed E-state index contributed by atoms with van der Waals surface area (Å²) in [5.41, 5.74) is 3.72. The van der Waals surface area contributed by atoms with Gasteiger partial charge in [0.2, 0.25) is 0 Å². The van der Waals surface area contributed by atoms with Gasteiger partial charge in [-0.3, -0.25) is 4.79 Å². The van der Waals surface area contributed by atoms with E-state index in [1.807, 2.05) is 23.6 Å². The second-order valence-corrected chi connectivity index (χ2v) is 3.72. The average Bonchev–Trinajstić information content (AvgIpc) is 2.64. The van der Waals surface area contributed by atoms with E-state index in [0.29, 0.717) is 5.56 Å². The molecule has 84 valence electrons. The van der Waals surface area contributed by atoms with Crippen molar-refractivity contribution in [1.82, 2.24) is 14.7 Å². The molecule has 0 fully saturated rings. The van der Waals surface area contributed by atoms with E-state index < -0.39 is 0 Å². The number of hydrogen-bond acceptors (Lipinski definition) is 2. The third-order valence-corrected chi connectivity index (χ3v) is 2.78. The molecule has 0 saturated carbocycles. The number of imidazole rings is 1. The van der Waals surface area contributed by atoms with Crippen LogP contribution in [0.4, 0.5) is 0 Å². The Morgan fingerprint density at radius 2 is 2.25 bits per heavy atom. The van der Waals surface area contributed by atoms with Crippen LogP contribution in [-0.4, -0.2) is 22.3 Å². The molecular weight excluding hydrogens is 202 g/mol. The Balaban J connectivity index is 2.61. The Hall–Kier alpha value is -1.84. The lowest BCUT2D eigenvalue weighted by Gasteiger charge is -2.01. The number of fused-ring (bicyclic) bond motifs is 1. The van der Waals surface area contributed by atoms with Gasteiger partial charge in [0.25, 0.3) is 5.91 Å². The lowest BCUT2D eigenvalue weighted by Crippen LogP contribution is -2.18. The number of hydrogen-bond donors (Lipinski definition) is 1. The van der Waals surface area contributed by atoms with E-state index in [9.17, 15) is 4.79 Å². The number of aryl methyl sites for hydroxylation is 2. The molecule has 2 aromatic heterocycles. The van der Waals surface area contributed by atoms with E-state index >= 15 is 0 Å². The largest absolute Gasteiger partial charge is 0.355 e. The number of nitrogens with one attached hydrogen (secondary N) is 1. The lowest BCUT2D eigenvalue weighted by atomic mass is 10.2. The van der Waals surface area contributed by atoms with Crippen molar-refractivity contribution < 1.29 is 4.79 Å². The van der Waals surface area contributed by atoms with Crippen molar-refractivity contribution in [2.75, 3.05) is 7.05 Å². The van der Waals surface area contributed by atoms with Crippen LogP contribution in [0, 0.1) is 6.92 Å². The Labute approximate surface area is 94.3 Å². The zero-order valence-corrected chi connectivity index (χ0v) is 9.74. The van der Waals surface area contributed by atoms with Gasteiger partial charge in [0.1, 0.15) is 5.65 Å². The normalized spacial score (nSPS) is 10.7. The first-order chi connectivity index (χ1) is 7.67. The molecule has 0 aromatic carbocycles. The topological polar surface area (TPSA) is 46.4 Å². The molecule has 2 rings (SSSR count). The summed E-state index contributed by atoms with van der Waals surface area (Å²) in [5.74, 6) is -0.0759. The number of amides is 1. The summed E-state index contributed by atoms with van der Waals surface area (Å²) in [7, 11) is 1.63. The van der Waals surface area contributed by atoms with Gasteiger partial charge in [-0.25, -0.2) is 4.98 Å². The van der Waals surface area contributed by atoms with Crippen molar-refractivity contribution in [1.29, 1.82) is 0 Å². The third kappa shape index (κ3) is 1.56. The van der Waals surface area contributed by atoms with Crippen LogP contribution in [0.3, 0.4) is 0 Å². The minimum atomic E-state index is -0.0759. The van der Waals surface area contributed by atoms with Crippen molar-refractivity contribution >= 4 is 11.6 Å². The van der Waals surface area contributed by atoms with Crippen molar-refractivity contribution in [3.05, 3.63) is 35.3 Å². The van der Waals surface area contributed by atoms with Crippen LogP contribution in [-0.2, 0) is 6.42 Å². The molecule has 1 N–H and O–H groups in total. The number of carbonyl (C=O) groups is 1. The predicted molar refractivity (Wildman–Crippen MR) is 62.7 cm³/mol. The molecule has 4 nitrogen and oxygen atoms in total. The van der Waals surface area contributed by atoms with E-state index in [4.69, 9.17) is 0 Å². The van der Waals surface area contributed by atoms with Gasteiger partial charge >= 0.3 is 0 Å². The van der Waals surface area contributed by atoms with E-state index in [2.05, 4.69) is 17.2 Å². The standard InChI is InChI=1S/C12H15N3O/c1-4-10-8(2)15-7-9(12(16)13-3)5-6-11(15)14-10/h5-7H,4H2,1-3H3,(H,13,16). The molecule has 0 unspecified atom stereocenters. The number of aromatic nitrogens is 2. The zero-order valence-electron chi connectivity index (χ0n) is 9.74. The first-order valence-corrected chi connectivity index (χ1v) is 5.37. The fraction of sp³-hybridized carbons (Fsp3) is 0.333. The van der Waals surface area contributed by atoms with Crippen molar-refractivity contribution in [3.63, 3.8) is 0 Å². The van der Waals surface area contributed by atoms with Gasteiger partial charge in [0.05, 0.1) is 11.3 Å². The molecule has 0 spiro atoms. The second-order valence-electron chi connectivity index (χ2n) is 3.72. The quantitative estimate of drug-likeness (QED) is 0.829. The smallest absolute Gasteiger partial charge is 0.252 e. The summed E-state index contributed by atoms with van der Waals surface area (Å²) < 4.78 is 1.96. The SMILES string of the molecule is CCc1nc2ccc(C(=O)NC)cn2c1C. The maximum Gasteiger partial charge on any atom is 0.252 e. The Morgan fingerprint density at radius 1 is 1.50 bits per heavy atom. The molecule has 0 bridgehead atoms. The van der Waals surface area contributed by atoms with Gasteiger partial charge in [-0.05, 0) is 25.5 Å². The second kappa shape index (κ2) is 3.96. The molecule has 0 radical (unpaired) electrons. The molecule has 0 aliphatic carbocycles. The molecule has 2 heterocycles. The van der Waals surface area contributed by atoms with Gasteiger partial charge in [-0.1, -0.05) is 6.92 Å². The Kier molecular flexibility index (Phi) is 2.64. The fourth-order valence-electron chi connectivity index (χ4n) is 1.82. The lowest BCUT2D eigenvalue weighted by molar-refractivity contribution is 0.0962. The number of rotatable bonds is 2. The summed E-state index contributed by atoms with van der Waals surface area (Å²) in [6, 6.07) is 3.66. The zero-order chi connectivity index (χ0) is 11.7. The minimum Gasteiger partial charge on any atom is -0.355 e. The molecule has 0 atom stereocenters. The van der Waals surface area contributed by atoms with Crippen LogP contribution in [0.15, 0.2) is 18.3 Å². The van der Waals surface area contributed by atoms with Gasteiger partial charge < -0.3 is 9.72 Å². The third-order valence-electron chi connectivity index (χ3n) is 2.78. The highest BCUT2D eigenvalue weighted by Gasteiger charge is 2.09. The van der Waals surface area contributed by atoms with Crippen LogP contribution >= 0.6 is 0 Å². The molecule has 0 saturated heterocycles.